The molecular formula is C36H33F2N9O2. The zero-order valence-corrected chi connectivity index (χ0v) is 26.7. The summed E-state index contributed by atoms with van der Waals surface area (Å²) in [6, 6.07) is 19.3. The molecule has 1 fully saturated rings. The molecule has 1 saturated heterocycles. The molecule has 3 aromatic carbocycles. The normalized spacial score (nSPS) is 13.5. The van der Waals surface area contributed by atoms with E-state index < -0.39 is 23.1 Å². The monoisotopic (exact) mass is 661 g/mol. The molecule has 0 atom stereocenters. The van der Waals surface area contributed by atoms with Crippen LogP contribution in [0.25, 0.3) is 22.2 Å². The average Bonchev–Trinajstić information content (AvgIpc) is 3.54. The summed E-state index contributed by atoms with van der Waals surface area (Å²) in [6.45, 7) is 4.21. The van der Waals surface area contributed by atoms with Crippen LogP contribution in [0.5, 0.6) is 0 Å². The van der Waals surface area contributed by atoms with Gasteiger partial charge in [-0.3, -0.25) is 14.2 Å². The quantitative estimate of drug-likeness (QED) is 0.199. The number of amides is 1. The highest BCUT2D eigenvalue weighted by atomic mass is 19.2. The standard InChI is InChI=1S/C36H33F2N9O2/c1-45-11-13-46(14-12-45)27-8-6-26(7-9-27)43-36-42-20-29-28(19-40-33(29)44-36)25-4-2-3-23(15-25)17-41-34(48)30-18-39-22-47(35(30)49)21-24-5-10-31(37)32(38)16-24/h2-10,15-16,18-20,22H,11-14,17,21H2,1H3,(H,41,48)(H2,40,42,43,44). The molecule has 0 bridgehead atoms. The Morgan fingerprint density at radius 3 is 2.55 bits per heavy atom. The second-order valence-corrected chi connectivity index (χ2v) is 12.0. The number of rotatable bonds is 9. The largest absolute Gasteiger partial charge is 0.369 e. The van der Waals surface area contributed by atoms with Crippen LogP contribution in [0.1, 0.15) is 21.5 Å². The van der Waals surface area contributed by atoms with Crippen LogP contribution < -0.4 is 21.1 Å². The van der Waals surface area contributed by atoms with Crippen LogP contribution in [-0.4, -0.2) is 68.5 Å². The van der Waals surface area contributed by atoms with Crippen molar-refractivity contribution in [1.29, 1.82) is 0 Å². The minimum Gasteiger partial charge on any atom is -0.369 e. The molecule has 7 rings (SSSR count). The Hall–Kier alpha value is -5.95. The van der Waals surface area contributed by atoms with Crippen LogP contribution in [0.4, 0.5) is 26.1 Å². The van der Waals surface area contributed by atoms with E-state index in [-0.39, 0.29) is 18.7 Å². The topological polar surface area (TPSA) is 124 Å². The fraction of sp³-hybridized carbons (Fsp3) is 0.194. The molecule has 3 N–H and O–H groups in total. The van der Waals surface area contributed by atoms with E-state index >= 15 is 0 Å². The van der Waals surface area contributed by atoms with Crippen LogP contribution >= 0.6 is 0 Å². The van der Waals surface area contributed by atoms with E-state index in [1.165, 1.54) is 28.8 Å². The first-order chi connectivity index (χ1) is 23.8. The number of halogens is 2. The summed E-state index contributed by atoms with van der Waals surface area (Å²) < 4.78 is 28.1. The smallest absolute Gasteiger partial charge is 0.266 e. The molecule has 13 heteroatoms. The van der Waals surface area contributed by atoms with Gasteiger partial charge >= 0.3 is 0 Å². The fourth-order valence-corrected chi connectivity index (χ4v) is 5.84. The lowest BCUT2D eigenvalue weighted by atomic mass is 10.0. The second-order valence-electron chi connectivity index (χ2n) is 12.0. The number of benzene rings is 3. The van der Waals surface area contributed by atoms with Gasteiger partial charge in [-0.15, -0.1) is 0 Å². The maximum atomic E-state index is 13.6. The van der Waals surface area contributed by atoms with E-state index in [0.29, 0.717) is 17.2 Å². The first kappa shape index (κ1) is 31.6. The van der Waals surface area contributed by atoms with Gasteiger partial charge in [0.05, 0.1) is 12.9 Å². The van der Waals surface area contributed by atoms with E-state index in [2.05, 4.69) is 59.5 Å². The Bertz CT molecular complexity index is 2190. The molecule has 0 spiro atoms. The third kappa shape index (κ3) is 7.02. The van der Waals surface area contributed by atoms with Gasteiger partial charge in [0, 0.05) is 73.6 Å². The predicted molar refractivity (Wildman–Crippen MR) is 184 cm³/mol. The molecule has 0 aliphatic carbocycles. The number of anilines is 3. The van der Waals surface area contributed by atoms with Gasteiger partial charge in [0.15, 0.2) is 11.6 Å². The highest BCUT2D eigenvalue weighted by Gasteiger charge is 2.16. The number of H-pyrrole nitrogens is 1. The van der Waals surface area contributed by atoms with E-state index in [4.69, 9.17) is 0 Å². The van der Waals surface area contributed by atoms with E-state index in [1.54, 1.807) is 6.20 Å². The summed E-state index contributed by atoms with van der Waals surface area (Å²) in [5.74, 6) is -2.12. The molecule has 11 nitrogen and oxygen atoms in total. The van der Waals surface area contributed by atoms with Crippen molar-refractivity contribution in [1.82, 2.24) is 34.7 Å². The lowest BCUT2D eigenvalue weighted by molar-refractivity contribution is 0.0948. The number of carbonyl (C=O) groups is 1. The van der Waals surface area contributed by atoms with Crippen molar-refractivity contribution in [3.8, 4) is 11.1 Å². The van der Waals surface area contributed by atoms with Crippen LogP contribution in [-0.2, 0) is 13.1 Å². The maximum Gasteiger partial charge on any atom is 0.266 e. The van der Waals surface area contributed by atoms with Crippen molar-refractivity contribution in [3.05, 3.63) is 130 Å². The van der Waals surface area contributed by atoms with Crippen LogP contribution in [0.15, 0.2) is 96.4 Å². The summed E-state index contributed by atoms with van der Waals surface area (Å²) >= 11 is 0. The van der Waals surface area contributed by atoms with E-state index in [9.17, 15) is 18.4 Å². The number of carbonyl (C=O) groups excluding carboxylic acids is 1. The number of aromatic nitrogens is 5. The van der Waals surface area contributed by atoms with Gasteiger partial charge < -0.3 is 25.4 Å². The molecule has 1 aliphatic heterocycles. The number of hydrogen-bond acceptors (Lipinski definition) is 8. The van der Waals surface area contributed by atoms with Gasteiger partial charge in [-0.05, 0) is 66.2 Å². The third-order valence-electron chi connectivity index (χ3n) is 8.60. The number of fused-ring (bicyclic) bond motifs is 1. The summed E-state index contributed by atoms with van der Waals surface area (Å²) in [4.78, 5) is 47.2. The SMILES string of the molecule is CN1CCN(c2ccc(Nc3ncc4c(-c5cccc(CNC(=O)c6cncn(Cc7ccc(F)c(F)c7)c6=O)c5)c[nH]c4n3)cc2)CC1. The molecular weight excluding hydrogens is 628 g/mol. The van der Waals surface area contributed by atoms with Gasteiger partial charge in [0.1, 0.15) is 11.2 Å². The van der Waals surface area contributed by atoms with Gasteiger partial charge in [0.2, 0.25) is 5.95 Å². The Balaban J connectivity index is 1.00. The Kier molecular flexibility index (Phi) is 8.81. The number of nitrogens with one attached hydrogen (secondary N) is 3. The molecule has 0 saturated carbocycles. The summed E-state index contributed by atoms with van der Waals surface area (Å²) in [5, 5.41) is 6.91. The minimum absolute atomic E-state index is 0.0671. The Morgan fingerprint density at radius 1 is 0.939 bits per heavy atom. The number of likely N-dealkylation sites (N-methyl/N-ethyl adjacent to an activating group) is 1. The highest BCUT2D eigenvalue weighted by Crippen LogP contribution is 2.29. The summed E-state index contributed by atoms with van der Waals surface area (Å²) in [5.41, 5.74) is 4.99. The van der Waals surface area contributed by atoms with E-state index in [1.807, 2.05) is 42.6 Å². The van der Waals surface area contributed by atoms with Crippen molar-refractivity contribution >= 4 is 34.3 Å². The molecule has 0 unspecified atom stereocenters. The first-order valence-corrected chi connectivity index (χ1v) is 15.8. The first-order valence-electron chi connectivity index (χ1n) is 15.8. The van der Waals surface area contributed by atoms with Crippen molar-refractivity contribution in [2.75, 3.05) is 43.4 Å². The Morgan fingerprint density at radius 2 is 1.76 bits per heavy atom. The van der Waals surface area contributed by atoms with Crippen molar-refractivity contribution in [2.45, 2.75) is 13.1 Å². The van der Waals surface area contributed by atoms with Crippen LogP contribution in [0, 0.1) is 11.6 Å². The lowest BCUT2D eigenvalue weighted by Crippen LogP contribution is -2.44. The Labute approximate surface area is 280 Å². The average molecular weight is 662 g/mol. The minimum atomic E-state index is -1.02. The lowest BCUT2D eigenvalue weighted by Gasteiger charge is -2.34. The number of hydrogen-bond donors (Lipinski definition) is 3. The third-order valence-corrected chi connectivity index (χ3v) is 8.60. The fourth-order valence-electron chi connectivity index (χ4n) is 5.84. The summed E-state index contributed by atoms with van der Waals surface area (Å²) in [7, 11) is 2.15. The van der Waals surface area contributed by atoms with Crippen molar-refractivity contribution in [2.24, 2.45) is 0 Å². The van der Waals surface area contributed by atoms with Gasteiger partial charge in [0.25, 0.3) is 11.5 Å². The van der Waals surface area contributed by atoms with Crippen molar-refractivity contribution < 1.29 is 13.6 Å². The van der Waals surface area contributed by atoms with Gasteiger partial charge in [-0.25, -0.2) is 18.7 Å². The molecule has 6 aromatic rings. The molecule has 4 heterocycles. The molecule has 3 aromatic heterocycles. The maximum absolute atomic E-state index is 13.6. The van der Waals surface area contributed by atoms with Crippen LogP contribution in [0.3, 0.4) is 0 Å². The molecule has 0 radical (unpaired) electrons. The van der Waals surface area contributed by atoms with Crippen molar-refractivity contribution in [3.63, 3.8) is 0 Å². The molecule has 1 aliphatic rings. The highest BCUT2D eigenvalue weighted by molar-refractivity contribution is 5.94. The van der Waals surface area contributed by atoms with Gasteiger partial charge in [-0.2, -0.15) is 4.98 Å². The molecule has 1 amide bonds. The molecule has 248 valence electrons. The zero-order chi connectivity index (χ0) is 33.9. The zero-order valence-electron chi connectivity index (χ0n) is 26.7. The summed E-state index contributed by atoms with van der Waals surface area (Å²) in [6.07, 6.45) is 6.09. The number of aromatic amines is 1. The predicted octanol–water partition coefficient (Wildman–Crippen LogP) is 4.93. The number of piperazine rings is 1. The van der Waals surface area contributed by atoms with Gasteiger partial charge in [-0.1, -0.05) is 24.3 Å². The second kappa shape index (κ2) is 13.6. The van der Waals surface area contributed by atoms with Crippen LogP contribution in [0.2, 0.25) is 0 Å². The number of nitrogens with zero attached hydrogens (tertiary/aromatic N) is 6. The van der Waals surface area contributed by atoms with E-state index in [0.717, 1.165) is 66.1 Å². The molecule has 49 heavy (non-hydrogen) atoms.